The van der Waals surface area contributed by atoms with Crippen molar-refractivity contribution >= 4 is 28.7 Å². The molecular weight excluding hydrogens is 372 g/mol. The van der Waals surface area contributed by atoms with Crippen molar-refractivity contribution in [2.45, 2.75) is 33.4 Å². The van der Waals surface area contributed by atoms with Gasteiger partial charge in [0.05, 0.1) is 0 Å². The highest BCUT2D eigenvalue weighted by Crippen LogP contribution is 2.23. The van der Waals surface area contributed by atoms with Crippen molar-refractivity contribution in [3.05, 3.63) is 75.6 Å². The number of amides is 2. The monoisotopic (exact) mass is 394 g/mol. The SMILES string of the molecule is Cc1ccc2c(COC(=O)[C@H](C)NC(=O)Nc3ccccc3)cc(=O)oc2c1C. The van der Waals surface area contributed by atoms with E-state index in [-0.39, 0.29) is 6.61 Å². The molecule has 29 heavy (non-hydrogen) atoms. The zero-order valence-electron chi connectivity index (χ0n) is 16.4. The van der Waals surface area contributed by atoms with E-state index in [4.69, 9.17) is 9.15 Å². The lowest BCUT2D eigenvalue weighted by atomic mass is 10.0. The predicted octanol–water partition coefficient (Wildman–Crippen LogP) is 3.66. The quantitative estimate of drug-likeness (QED) is 0.508. The largest absolute Gasteiger partial charge is 0.459 e. The lowest BCUT2D eigenvalue weighted by Crippen LogP contribution is -2.41. The molecule has 3 aromatic rings. The molecule has 2 N–H and O–H groups in total. The Morgan fingerprint density at radius 3 is 2.55 bits per heavy atom. The lowest BCUT2D eigenvalue weighted by Gasteiger charge is -2.15. The van der Waals surface area contributed by atoms with Crippen LogP contribution in [0.1, 0.15) is 23.6 Å². The summed E-state index contributed by atoms with van der Waals surface area (Å²) in [5.74, 6) is -0.613. The maximum atomic E-state index is 12.3. The smallest absolute Gasteiger partial charge is 0.336 e. The Morgan fingerprint density at radius 2 is 1.83 bits per heavy atom. The molecule has 0 radical (unpaired) electrons. The van der Waals surface area contributed by atoms with Gasteiger partial charge in [-0.15, -0.1) is 0 Å². The minimum Gasteiger partial charge on any atom is -0.459 e. The Hall–Kier alpha value is -3.61. The van der Waals surface area contributed by atoms with Crippen molar-refractivity contribution in [1.29, 1.82) is 0 Å². The van der Waals surface area contributed by atoms with Crippen LogP contribution in [0.4, 0.5) is 10.5 Å². The number of hydrogen-bond donors (Lipinski definition) is 2. The van der Waals surface area contributed by atoms with E-state index in [0.717, 1.165) is 11.1 Å². The van der Waals surface area contributed by atoms with Gasteiger partial charge >= 0.3 is 17.6 Å². The molecular formula is C22H22N2O5. The maximum absolute atomic E-state index is 12.3. The van der Waals surface area contributed by atoms with Crippen LogP contribution >= 0.6 is 0 Å². The van der Waals surface area contributed by atoms with Gasteiger partial charge in [-0.2, -0.15) is 0 Å². The molecule has 0 saturated heterocycles. The number of anilines is 1. The van der Waals surface area contributed by atoms with E-state index in [1.807, 2.05) is 32.0 Å². The van der Waals surface area contributed by atoms with Gasteiger partial charge in [-0.05, 0) is 44.0 Å². The van der Waals surface area contributed by atoms with Gasteiger partial charge in [0.15, 0.2) is 0 Å². The Morgan fingerprint density at radius 1 is 1.10 bits per heavy atom. The van der Waals surface area contributed by atoms with Crippen LogP contribution in [-0.2, 0) is 16.1 Å². The van der Waals surface area contributed by atoms with Crippen molar-refractivity contribution in [3.63, 3.8) is 0 Å². The zero-order valence-corrected chi connectivity index (χ0v) is 16.4. The summed E-state index contributed by atoms with van der Waals surface area (Å²) >= 11 is 0. The number of para-hydroxylation sites is 1. The van der Waals surface area contributed by atoms with Crippen LogP contribution in [0, 0.1) is 13.8 Å². The molecule has 0 aliphatic rings. The fourth-order valence-electron chi connectivity index (χ4n) is 2.86. The number of hydrogen-bond acceptors (Lipinski definition) is 5. The first-order valence-electron chi connectivity index (χ1n) is 9.17. The highest BCUT2D eigenvalue weighted by Gasteiger charge is 2.18. The Kier molecular flexibility index (Phi) is 5.97. The van der Waals surface area contributed by atoms with E-state index in [2.05, 4.69) is 10.6 Å². The summed E-state index contributed by atoms with van der Waals surface area (Å²) < 4.78 is 10.6. The van der Waals surface area contributed by atoms with Crippen molar-refractivity contribution in [2.24, 2.45) is 0 Å². The third kappa shape index (κ3) is 4.82. The molecule has 0 saturated carbocycles. The molecule has 2 amide bonds. The summed E-state index contributed by atoms with van der Waals surface area (Å²) in [6, 6.07) is 12.6. The fraction of sp³-hybridized carbons (Fsp3) is 0.227. The highest BCUT2D eigenvalue weighted by atomic mass is 16.5. The van der Waals surface area contributed by atoms with Crippen molar-refractivity contribution in [3.8, 4) is 0 Å². The zero-order chi connectivity index (χ0) is 21.0. The van der Waals surface area contributed by atoms with Crippen molar-refractivity contribution in [1.82, 2.24) is 5.32 Å². The standard InChI is InChI=1S/C22H22N2O5/c1-13-9-10-18-16(11-19(25)29-20(18)14(13)2)12-28-21(26)15(3)23-22(27)24-17-7-5-4-6-8-17/h4-11,15H,12H2,1-3H3,(H2,23,24,27)/t15-/m0/s1. The number of fused-ring (bicyclic) bond motifs is 1. The Bertz CT molecular complexity index is 1110. The number of carbonyl (C=O) groups is 2. The topological polar surface area (TPSA) is 97.6 Å². The van der Waals surface area contributed by atoms with Crippen LogP contribution in [0.25, 0.3) is 11.0 Å². The second-order valence-electron chi connectivity index (χ2n) is 6.77. The molecule has 1 atom stereocenters. The first kappa shape index (κ1) is 20.1. The molecule has 3 rings (SSSR count). The molecule has 0 unspecified atom stereocenters. The molecule has 0 fully saturated rings. The van der Waals surface area contributed by atoms with Gasteiger partial charge < -0.3 is 19.8 Å². The summed E-state index contributed by atoms with van der Waals surface area (Å²) in [4.78, 5) is 36.2. The first-order valence-corrected chi connectivity index (χ1v) is 9.17. The third-order valence-electron chi connectivity index (χ3n) is 4.62. The number of esters is 1. The van der Waals surface area contributed by atoms with Gasteiger partial charge in [0.2, 0.25) is 0 Å². The number of rotatable bonds is 5. The molecule has 7 nitrogen and oxygen atoms in total. The fourth-order valence-corrected chi connectivity index (χ4v) is 2.86. The second-order valence-corrected chi connectivity index (χ2v) is 6.77. The highest BCUT2D eigenvalue weighted by molar-refractivity contribution is 5.92. The lowest BCUT2D eigenvalue weighted by molar-refractivity contribution is -0.146. The molecule has 0 bridgehead atoms. The number of urea groups is 1. The van der Waals surface area contributed by atoms with Gasteiger partial charge in [0.25, 0.3) is 0 Å². The summed E-state index contributed by atoms with van der Waals surface area (Å²) in [5.41, 5.74) is 2.99. The molecule has 0 aliphatic carbocycles. The number of aryl methyl sites for hydroxylation is 2. The average Bonchev–Trinajstić information content (AvgIpc) is 2.69. The maximum Gasteiger partial charge on any atom is 0.336 e. The minimum absolute atomic E-state index is 0.101. The Labute approximate surface area is 167 Å². The van der Waals surface area contributed by atoms with Gasteiger partial charge in [-0.3, -0.25) is 0 Å². The van der Waals surface area contributed by atoms with Crippen LogP contribution in [0.5, 0.6) is 0 Å². The molecule has 7 heteroatoms. The van der Waals surface area contributed by atoms with Crippen LogP contribution in [0.3, 0.4) is 0 Å². The van der Waals surface area contributed by atoms with E-state index in [1.165, 1.54) is 13.0 Å². The van der Waals surface area contributed by atoms with Crippen LogP contribution < -0.4 is 16.3 Å². The second kappa shape index (κ2) is 8.60. The number of carbonyl (C=O) groups excluding carboxylic acids is 2. The minimum atomic E-state index is -0.867. The number of benzene rings is 2. The van der Waals surface area contributed by atoms with E-state index in [9.17, 15) is 14.4 Å². The van der Waals surface area contributed by atoms with Crippen molar-refractivity contribution in [2.75, 3.05) is 5.32 Å². The molecule has 150 valence electrons. The van der Waals surface area contributed by atoms with Crippen LogP contribution in [0.15, 0.2) is 57.7 Å². The summed E-state index contributed by atoms with van der Waals surface area (Å²) in [5, 5.41) is 5.87. The van der Waals surface area contributed by atoms with E-state index in [1.54, 1.807) is 24.3 Å². The molecule has 2 aromatic carbocycles. The van der Waals surface area contributed by atoms with Gasteiger partial charge in [0, 0.05) is 22.7 Å². The summed E-state index contributed by atoms with van der Waals surface area (Å²) in [6.45, 7) is 5.22. The molecule has 0 spiro atoms. The van der Waals surface area contributed by atoms with Crippen LogP contribution in [-0.4, -0.2) is 18.0 Å². The first-order chi connectivity index (χ1) is 13.8. The van der Waals surface area contributed by atoms with E-state index in [0.29, 0.717) is 22.2 Å². The van der Waals surface area contributed by atoms with Gasteiger partial charge in [0.1, 0.15) is 18.2 Å². The average molecular weight is 394 g/mol. The number of ether oxygens (including phenoxy) is 1. The van der Waals surface area contributed by atoms with E-state index < -0.39 is 23.7 Å². The number of nitrogens with one attached hydrogen (secondary N) is 2. The predicted molar refractivity (Wildman–Crippen MR) is 110 cm³/mol. The summed E-state index contributed by atoms with van der Waals surface area (Å²) in [6.07, 6.45) is 0. The molecule has 0 aliphatic heterocycles. The third-order valence-corrected chi connectivity index (χ3v) is 4.62. The van der Waals surface area contributed by atoms with Crippen molar-refractivity contribution < 1.29 is 18.7 Å². The molecule has 1 heterocycles. The van der Waals surface area contributed by atoms with Gasteiger partial charge in [-0.1, -0.05) is 30.3 Å². The van der Waals surface area contributed by atoms with Crippen LogP contribution in [0.2, 0.25) is 0 Å². The normalized spacial score (nSPS) is 11.7. The summed E-state index contributed by atoms with van der Waals surface area (Å²) in [7, 11) is 0. The van der Waals surface area contributed by atoms with E-state index >= 15 is 0 Å². The van der Waals surface area contributed by atoms with Gasteiger partial charge in [-0.25, -0.2) is 14.4 Å². The Balaban J connectivity index is 1.65. The molecule has 1 aromatic heterocycles.